The van der Waals surface area contributed by atoms with E-state index in [0.717, 1.165) is 11.1 Å². The van der Waals surface area contributed by atoms with Gasteiger partial charge < -0.3 is 10.2 Å². The van der Waals surface area contributed by atoms with Crippen LogP contribution in [0.2, 0.25) is 0 Å². The minimum Gasteiger partial charge on any atom is -0.508 e. The third kappa shape index (κ3) is 3.17. The molecule has 20 heavy (non-hydrogen) atoms. The second-order valence-corrected chi connectivity index (χ2v) is 5.61. The van der Waals surface area contributed by atoms with Crippen molar-refractivity contribution in [3.8, 4) is 5.75 Å². The topological polar surface area (TPSA) is 40.5 Å². The quantitative estimate of drug-likeness (QED) is 0.897. The molecule has 2 nitrogen and oxygen atoms in total. The minimum absolute atomic E-state index is 0.209. The van der Waals surface area contributed by atoms with Gasteiger partial charge in [-0.05, 0) is 41.8 Å². The van der Waals surface area contributed by atoms with Crippen molar-refractivity contribution in [2.45, 2.75) is 31.8 Å². The Hall–Kier alpha value is -1.87. The number of halogens is 1. The lowest BCUT2D eigenvalue weighted by molar-refractivity contribution is 0.0999. The number of aliphatic hydroxyl groups excluding tert-OH is 1. The number of benzene rings is 2. The molecule has 2 aromatic rings. The summed E-state index contributed by atoms with van der Waals surface area (Å²) in [6.07, 6.45) is -0.123. The molecule has 0 fully saturated rings. The van der Waals surface area contributed by atoms with Crippen molar-refractivity contribution in [1.82, 2.24) is 0 Å². The smallest absolute Gasteiger partial charge is 0.123 e. The van der Waals surface area contributed by atoms with Crippen molar-refractivity contribution < 1.29 is 14.6 Å². The predicted molar refractivity (Wildman–Crippen MR) is 77.2 cm³/mol. The fraction of sp³-hybridized carbons (Fsp3) is 0.294. The third-order valence-electron chi connectivity index (χ3n) is 3.79. The van der Waals surface area contributed by atoms with Crippen molar-refractivity contribution in [2.24, 2.45) is 0 Å². The molecule has 0 spiro atoms. The van der Waals surface area contributed by atoms with Crippen LogP contribution in [0.4, 0.5) is 4.39 Å². The van der Waals surface area contributed by atoms with Crippen LogP contribution in [0.15, 0.2) is 48.5 Å². The summed E-state index contributed by atoms with van der Waals surface area (Å²) in [6.45, 7) is 3.87. The summed E-state index contributed by atoms with van der Waals surface area (Å²) in [7, 11) is 0. The second-order valence-electron chi connectivity index (χ2n) is 5.61. The maximum Gasteiger partial charge on any atom is 0.123 e. The van der Waals surface area contributed by atoms with E-state index in [0.29, 0.717) is 6.42 Å². The lowest BCUT2D eigenvalue weighted by Gasteiger charge is -2.31. The lowest BCUT2D eigenvalue weighted by Crippen LogP contribution is -2.35. The number of aromatic hydroxyl groups is 1. The van der Waals surface area contributed by atoms with Crippen LogP contribution in [0.5, 0.6) is 5.75 Å². The van der Waals surface area contributed by atoms with E-state index in [2.05, 4.69) is 0 Å². The zero-order chi connectivity index (χ0) is 14.8. The van der Waals surface area contributed by atoms with Crippen LogP contribution >= 0.6 is 0 Å². The summed E-state index contributed by atoms with van der Waals surface area (Å²) in [5.41, 5.74) is 1.36. The first-order valence-electron chi connectivity index (χ1n) is 6.61. The molecule has 106 valence electrons. The largest absolute Gasteiger partial charge is 0.508 e. The molecule has 2 aromatic carbocycles. The van der Waals surface area contributed by atoms with Crippen LogP contribution in [-0.4, -0.2) is 16.3 Å². The van der Waals surface area contributed by atoms with E-state index in [1.54, 1.807) is 36.4 Å². The maximum atomic E-state index is 13.0. The van der Waals surface area contributed by atoms with Crippen molar-refractivity contribution in [2.75, 3.05) is 0 Å². The fourth-order valence-electron chi connectivity index (χ4n) is 2.18. The zero-order valence-corrected chi connectivity index (χ0v) is 11.7. The summed E-state index contributed by atoms with van der Waals surface area (Å²) in [5, 5.41) is 19.7. The van der Waals surface area contributed by atoms with Crippen LogP contribution in [-0.2, 0) is 11.8 Å². The van der Waals surface area contributed by atoms with Gasteiger partial charge in [0.25, 0.3) is 0 Å². The van der Waals surface area contributed by atoms with Gasteiger partial charge in [-0.25, -0.2) is 4.39 Å². The van der Waals surface area contributed by atoms with Crippen LogP contribution in [0, 0.1) is 5.82 Å². The Balaban J connectivity index is 2.16. The van der Waals surface area contributed by atoms with E-state index in [-0.39, 0.29) is 11.6 Å². The summed E-state index contributed by atoms with van der Waals surface area (Å²) in [4.78, 5) is 0. The van der Waals surface area contributed by atoms with E-state index in [1.807, 2.05) is 13.8 Å². The monoisotopic (exact) mass is 274 g/mol. The van der Waals surface area contributed by atoms with Crippen molar-refractivity contribution in [3.63, 3.8) is 0 Å². The number of phenols is 1. The molecule has 3 heteroatoms. The van der Waals surface area contributed by atoms with Crippen molar-refractivity contribution in [1.29, 1.82) is 0 Å². The molecule has 1 atom stereocenters. The normalized spacial score (nSPS) is 13.2. The summed E-state index contributed by atoms with van der Waals surface area (Å²) >= 11 is 0. The van der Waals surface area contributed by atoms with Gasteiger partial charge in [0.15, 0.2) is 0 Å². The van der Waals surface area contributed by atoms with E-state index < -0.39 is 11.5 Å². The lowest BCUT2D eigenvalue weighted by atomic mass is 9.77. The zero-order valence-electron chi connectivity index (χ0n) is 11.7. The van der Waals surface area contributed by atoms with Gasteiger partial charge in [-0.15, -0.1) is 0 Å². The Morgan fingerprint density at radius 3 is 2.10 bits per heavy atom. The first-order chi connectivity index (χ1) is 9.39. The highest BCUT2D eigenvalue weighted by Crippen LogP contribution is 2.29. The number of phenolic OH excluding ortho intramolecular Hbond substituents is 1. The number of hydrogen-bond donors (Lipinski definition) is 2. The average molecular weight is 274 g/mol. The van der Waals surface area contributed by atoms with Crippen molar-refractivity contribution in [3.05, 3.63) is 65.5 Å². The summed E-state index contributed by atoms with van der Waals surface area (Å²) in [5.74, 6) is -0.0707. The fourth-order valence-corrected chi connectivity index (χ4v) is 2.18. The predicted octanol–water partition coefficient (Wildman–Crippen LogP) is 3.41. The molecular formula is C17H19FO2. The summed E-state index contributed by atoms with van der Waals surface area (Å²) < 4.78 is 13.0. The van der Waals surface area contributed by atoms with E-state index >= 15 is 0 Å². The van der Waals surface area contributed by atoms with E-state index in [4.69, 9.17) is 0 Å². The van der Waals surface area contributed by atoms with E-state index in [9.17, 15) is 14.6 Å². The number of aliphatic hydroxyl groups is 1. The first kappa shape index (κ1) is 14.5. The maximum absolute atomic E-state index is 13.0. The Labute approximate surface area is 118 Å². The molecule has 1 unspecified atom stereocenters. The van der Waals surface area contributed by atoms with Gasteiger partial charge in [0, 0.05) is 5.41 Å². The van der Waals surface area contributed by atoms with Gasteiger partial charge in [0.1, 0.15) is 11.6 Å². The molecule has 2 rings (SSSR count). The highest BCUT2D eigenvalue weighted by atomic mass is 19.1. The van der Waals surface area contributed by atoms with Crippen LogP contribution in [0.3, 0.4) is 0 Å². The molecule has 0 saturated heterocycles. The van der Waals surface area contributed by atoms with Gasteiger partial charge in [-0.2, -0.15) is 0 Å². The molecule has 0 aromatic heterocycles. The molecule has 0 amide bonds. The number of rotatable bonds is 4. The highest BCUT2D eigenvalue weighted by Gasteiger charge is 2.29. The molecule has 0 bridgehead atoms. The Morgan fingerprint density at radius 1 is 1.00 bits per heavy atom. The Kier molecular flexibility index (Phi) is 4.09. The Bertz CT molecular complexity index is 559. The van der Waals surface area contributed by atoms with Gasteiger partial charge in [0.05, 0.1) is 6.10 Å². The van der Waals surface area contributed by atoms with Crippen LogP contribution in [0.1, 0.15) is 25.0 Å². The average Bonchev–Trinajstić information content (AvgIpc) is 2.42. The second kappa shape index (κ2) is 5.63. The standard InChI is InChI=1S/C17H19FO2/c1-17(2,13-5-7-14(18)8-6-13)16(20)11-12-3-9-15(19)10-4-12/h3-10,16,19-20H,11H2,1-2H3. The molecule has 0 saturated carbocycles. The van der Waals surface area contributed by atoms with Crippen molar-refractivity contribution >= 4 is 0 Å². The van der Waals surface area contributed by atoms with Gasteiger partial charge in [0.2, 0.25) is 0 Å². The molecule has 2 N–H and O–H groups in total. The summed E-state index contributed by atoms with van der Waals surface area (Å²) in [6, 6.07) is 13.0. The van der Waals surface area contributed by atoms with Gasteiger partial charge in [-0.1, -0.05) is 38.1 Å². The molecule has 0 aliphatic rings. The first-order valence-corrected chi connectivity index (χ1v) is 6.61. The van der Waals surface area contributed by atoms with E-state index in [1.165, 1.54) is 12.1 Å². The van der Waals surface area contributed by atoms with Gasteiger partial charge in [-0.3, -0.25) is 0 Å². The molecule has 0 aliphatic heterocycles. The highest BCUT2D eigenvalue weighted by molar-refractivity contribution is 5.29. The molecular weight excluding hydrogens is 255 g/mol. The van der Waals surface area contributed by atoms with Crippen LogP contribution in [0.25, 0.3) is 0 Å². The third-order valence-corrected chi connectivity index (χ3v) is 3.79. The molecule has 0 radical (unpaired) electrons. The van der Waals surface area contributed by atoms with Crippen LogP contribution < -0.4 is 0 Å². The van der Waals surface area contributed by atoms with Gasteiger partial charge >= 0.3 is 0 Å². The molecule has 0 aliphatic carbocycles. The minimum atomic E-state index is -0.600. The SMILES string of the molecule is CC(C)(c1ccc(F)cc1)C(O)Cc1ccc(O)cc1. The number of hydrogen-bond acceptors (Lipinski definition) is 2. The molecule has 0 heterocycles. The Morgan fingerprint density at radius 2 is 1.55 bits per heavy atom.